The first-order valence-electron chi connectivity index (χ1n) is 7.80. The average Bonchev–Trinajstić information content (AvgIpc) is 2.85. The van der Waals surface area contributed by atoms with Gasteiger partial charge in [0, 0.05) is 30.9 Å². The second-order valence-electron chi connectivity index (χ2n) is 5.53. The third kappa shape index (κ3) is 4.04. The molecule has 1 aromatic heterocycles. The van der Waals surface area contributed by atoms with Gasteiger partial charge in [0.05, 0.1) is 0 Å². The number of nitrogens with one attached hydrogen (secondary N) is 2. The van der Waals surface area contributed by atoms with Gasteiger partial charge in [-0.15, -0.1) is 0 Å². The topological polar surface area (TPSA) is 74.6 Å². The predicted molar refractivity (Wildman–Crippen MR) is 94.2 cm³/mol. The molecule has 2 aromatic rings. The summed E-state index contributed by atoms with van der Waals surface area (Å²) < 4.78 is 5.71. The first kappa shape index (κ1) is 16.7. The van der Waals surface area contributed by atoms with Crippen LogP contribution in [0.4, 0.5) is 5.69 Å². The standard InChI is InChI=1S/C17H18BrN3O3/c18-15-7-6-14(24-15)16(22)20-13-4-2-12(3-5-13)17(23)21-10-1-8-19-9-11-21/h2-7,19H,1,8-11H2,(H,20,22). The molecule has 2 N–H and O–H groups in total. The van der Waals surface area contributed by atoms with Crippen molar-refractivity contribution >= 4 is 33.4 Å². The second kappa shape index (κ2) is 7.63. The summed E-state index contributed by atoms with van der Waals surface area (Å²) in [6.07, 6.45) is 0.957. The average molecular weight is 392 g/mol. The summed E-state index contributed by atoms with van der Waals surface area (Å²) in [7, 11) is 0. The third-order valence-electron chi connectivity index (χ3n) is 3.81. The van der Waals surface area contributed by atoms with Crippen molar-refractivity contribution in [1.29, 1.82) is 0 Å². The molecule has 0 atom stereocenters. The van der Waals surface area contributed by atoms with Gasteiger partial charge in [0.25, 0.3) is 11.8 Å². The summed E-state index contributed by atoms with van der Waals surface area (Å²) in [6.45, 7) is 3.23. The highest BCUT2D eigenvalue weighted by molar-refractivity contribution is 9.10. The maximum Gasteiger partial charge on any atom is 0.291 e. The summed E-state index contributed by atoms with van der Waals surface area (Å²) >= 11 is 3.16. The van der Waals surface area contributed by atoms with Crippen molar-refractivity contribution in [2.75, 3.05) is 31.5 Å². The number of hydrogen-bond acceptors (Lipinski definition) is 4. The molecule has 1 aliphatic rings. The SMILES string of the molecule is O=C(Nc1ccc(C(=O)N2CCCNCC2)cc1)c1ccc(Br)o1. The van der Waals surface area contributed by atoms with Crippen LogP contribution in [0, 0.1) is 0 Å². The fourth-order valence-corrected chi connectivity index (χ4v) is 2.86. The van der Waals surface area contributed by atoms with Crippen molar-refractivity contribution in [3.8, 4) is 0 Å². The molecule has 7 heteroatoms. The Morgan fingerprint density at radius 1 is 1.08 bits per heavy atom. The minimum atomic E-state index is -0.335. The van der Waals surface area contributed by atoms with E-state index in [0.29, 0.717) is 22.5 Å². The Balaban J connectivity index is 1.64. The molecule has 1 aliphatic heterocycles. The lowest BCUT2D eigenvalue weighted by atomic mass is 10.1. The fourth-order valence-electron chi connectivity index (χ4n) is 2.56. The van der Waals surface area contributed by atoms with Crippen LogP contribution < -0.4 is 10.6 Å². The van der Waals surface area contributed by atoms with Crippen molar-refractivity contribution in [3.05, 3.63) is 52.4 Å². The van der Waals surface area contributed by atoms with Gasteiger partial charge in [0.15, 0.2) is 10.4 Å². The van der Waals surface area contributed by atoms with E-state index in [2.05, 4.69) is 26.6 Å². The number of carbonyl (C=O) groups excluding carboxylic acids is 2. The van der Waals surface area contributed by atoms with E-state index in [-0.39, 0.29) is 17.6 Å². The van der Waals surface area contributed by atoms with Gasteiger partial charge in [-0.1, -0.05) is 0 Å². The predicted octanol–water partition coefficient (Wildman–Crippen LogP) is 2.73. The normalized spacial score (nSPS) is 15.0. The van der Waals surface area contributed by atoms with Gasteiger partial charge in [0.2, 0.25) is 0 Å². The molecule has 0 aliphatic carbocycles. The van der Waals surface area contributed by atoms with Gasteiger partial charge in [-0.3, -0.25) is 9.59 Å². The van der Waals surface area contributed by atoms with Crippen LogP contribution in [0.1, 0.15) is 27.3 Å². The number of nitrogens with zero attached hydrogens (tertiary/aromatic N) is 1. The van der Waals surface area contributed by atoms with Gasteiger partial charge in [-0.2, -0.15) is 0 Å². The number of furan rings is 1. The molecule has 0 unspecified atom stereocenters. The lowest BCUT2D eigenvalue weighted by molar-refractivity contribution is 0.0766. The van der Waals surface area contributed by atoms with Gasteiger partial charge in [-0.05, 0) is 65.3 Å². The molecule has 3 rings (SSSR count). The summed E-state index contributed by atoms with van der Waals surface area (Å²) in [5.41, 5.74) is 1.23. The number of anilines is 1. The van der Waals surface area contributed by atoms with Crippen molar-refractivity contribution in [3.63, 3.8) is 0 Å². The molecule has 1 saturated heterocycles. The third-order valence-corrected chi connectivity index (χ3v) is 4.24. The van der Waals surface area contributed by atoms with Crippen LogP contribution in [0.3, 0.4) is 0 Å². The van der Waals surface area contributed by atoms with E-state index in [4.69, 9.17) is 4.42 Å². The Morgan fingerprint density at radius 2 is 1.88 bits per heavy atom. The molecule has 0 saturated carbocycles. The summed E-state index contributed by atoms with van der Waals surface area (Å²) in [5, 5.41) is 6.02. The molecule has 1 aromatic carbocycles. The van der Waals surface area contributed by atoms with Crippen LogP contribution in [-0.4, -0.2) is 42.9 Å². The fraction of sp³-hybridized carbons (Fsp3) is 0.294. The zero-order chi connectivity index (χ0) is 16.9. The maximum absolute atomic E-state index is 12.5. The molecular weight excluding hydrogens is 374 g/mol. The molecular formula is C17H18BrN3O3. The van der Waals surface area contributed by atoms with Crippen LogP contribution in [0.25, 0.3) is 0 Å². The molecule has 1 fully saturated rings. The smallest absolute Gasteiger partial charge is 0.291 e. The van der Waals surface area contributed by atoms with E-state index in [1.165, 1.54) is 0 Å². The number of amides is 2. The minimum absolute atomic E-state index is 0.0199. The quantitative estimate of drug-likeness (QED) is 0.843. The summed E-state index contributed by atoms with van der Waals surface area (Å²) in [4.78, 5) is 26.4. The number of hydrogen-bond donors (Lipinski definition) is 2. The first-order chi connectivity index (χ1) is 11.6. The van der Waals surface area contributed by atoms with Gasteiger partial charge in [-0.25, -0.2) is 0 Å². The highest BCUT2D eigenvalue weighted by Gasteiger charge is 2.17. The van der Waals surface area contributed by atoms with E-state index in [9.17, 15) is 9.59 Å². The van der Waals surface area contributed by atoms with E-state index in [1.807, 2.05) is 4.90 Å². The molecule has 2 heterocycles. The first-order valence-corrected chi connectivity index (χ1v) is 8.59. The molecule has 0 radical (unpaired) electrons. The Bertz CT molecular complexity index is 719. The molecule has 24 heavy (non-hydrogen) atoms. The lowest BCUT2D eigenvalue weighted by Crippen LogP contribution is -2.34. The zero-order valence-corrected chi connectivity index (χ0v) is 14.6. The van der Waals surface area contributed by atoms with E-state index in [0.717, 1.165) is 26.1 Å². The van der Waals surface area contributed by atoms with E-state index >= 15 is 0 Å². The van der Waals surface area contributed by atoms with Crippen LogP contribution in [-0.2, 0) is 0 Å². The largest absolute Gasteiger partial charge is 0.444 e. The zero-order valence-electron chi connectivity index (χ0n) is 13.0. The number of benzene rings is 1. The van der Waals surface area contributed by atoms with Crippen molar-refractivity contribution in [2.45, 2.75) is 6.42 Å². The Labute approximate surface area is 148 Å². The number of halogens is 1. The summed E-state index contributed by atoms with van der Waals surface area (Å²) in [5.74, 6) is -0.0935. The van der Waals surface area contributed by atoms with Crippen LogP contribution >= 0.6 is 15.9 Å². The van der Waals surface area contributed by atoms with Crippen LogP contribution in [0.2, 0.25) is 0 Å². The van der Waals surface area contributed by atoms with E-state index in [1.54, 1.807) is 36.4 Å². The number of carbonyl (C=O) groups is 2. The lowest BCUT2D eigenvalue weighted by Gasteiger charge is -2.20. The Morgan fingerprint density at radius 3 is 2.58 bits per heavy atom. The minimum Gasteiger partial charge on any atom is -0.444 e. The molecule has 6 nitrogen and oxygen atoms in total. The molecule has 2 amide bonds. The highest BCUT2D eigenvalue weighted by Crippen LogP contribution is 2.17. The maximum atomic E-state index is 12.5. The number of rotatable bonds is 3. The van der Waals surface area contributed by atoms with Crippen LogP contribution in [0.5, 0.6) is 0 Å². The van der Waals surface area contributed by atoms with E-state index < -0.39 is 0 Å². The van der Waals surface area contributed by atoms with Crippen molar-refractivity contribution < 1.29 is 14.0 Å². The second-order valence-corrected chi connectivity index (χ2v) is 6.31. The molecule has 0 bridgehead atoms. The van der Waals surface area contributed by atoms with Crippen LogP contribution in [0.15, 0.2) is 45.5 Å². The molecule has 126 valence electrons. The van der Waals surface area contributed by atoms with Crippen molar-refractivity contribution in [2.24, 2.45) is 0 Å². The van der Waals surface area contributed by atoms with Gasteiger partial charge >= 0.3 is 0 Å². The van der Waals surface area contributed by atoms with Crippen molar-refractivity contribution in [1.82, 2.24) is 10.2 Å². The Kier molecular flexibility index (Phi) is 5.32. The highest BCUT2D eigenvalue weighted by atomic mass is 79.9. The Hall–Kier alpha value is -2.12. The summed E-state index contributed by atoms with van der Waals surface area (Å²) in [6, 6.07) is 10.2. The molecule has 0 spiro atoms. The van der Waals surface area contributed by atoms with Gasteiger partial charge < -0.3 is 20.0 Å². The van der Waals surface area contributed by atoms with Gasteiger partial charge in [0.1, 0.15) is 0 Å². The monoisotopic (exact) mass is 391 g/mol.